The van der Waals surface area contributed by atoms with Crippen molar-refractivity contribution >= 4 is 17.7 Å². The molecule has 1 aliphatic heterocycles. The molecule has 29 heavy (non-hydrogen) atoms. The van der Waals surface area contributed by atoms with E-state index in [1.54, 1.807) is 0 Å². The van der Waals surface area contributed by atoms with Crippen molar-refractivity contribution < 1.29 is 4.79 Å². The van der Waals surface area contributed by atoms with Crippen LogP contribution in [0.3, 0.4) is 0 Å². The van der Waals surface area contributed by atoms with Crippen LogP contribution >= 0.6 is 0 Å². The first-order valence-corrected chi connectivity index (χ1v) is 10.6. The van der Waals surface area contributed by atoms with Crippen LogP contribution in [0, 0.1) is 13.8 Å². The molecule has 0 aliphatic carbocycles. The lowest BCUT2D eigenvalue weighted by molar-refractivity contribution is -0.116. The van der Waals surface area contributed by atoms with E-state index in [0.29, 0.717) is 6.42 Å². The lowest BCUT2D eigenvalue weighted by Gasteiger charge is -2.34. The van der Waals surface area contributed by atoms with Crippen molar-refractivity contribution in [3.05, 3.63) is 71.3 Å². The predicted molar refractivity (Wildman–Crippen MR) is 122 cm³/mol. The van der Waals surface area contributed by atoms with Crippen LogP contribution in [0.4, 0.5) is 5.69 Å². The Morgan fingerprint density at radius 3 is 2.45 bits per heavy atom. The summed E-state index contributed by atoms with van der Waals surface area (Å²) in [7, 11) is 0. The summed E-state index contributed by atoms with van der Waals surface area (Å²) in [4.78, 5) is 17.2. The molecule has 0 aromatic heterocycles. The summed E-state index contributed by atoms with van der Waals surface area (Å²) >= 11 is 0. The number of rotatable bonds is 8. The molecule has 0 radical (unpaired) electrons. The third kappa shape index (κ3) is 7.15. The highest BCUT2D eigenvalue weighted by molar-refractivity contribution is 5.91. The van der Waals surface area contributed by atoms with Crippen molar-refractivity contribution in [2.75, 3.05) is 44.6 Å². The SMILES string of the molecule is Cc1ccc(NC(=O)CCCN2CCN(C/C=C/c3ccccc3)CC2)c(C)c1. The first kappa shape index (κ1) is 21.3. The highest BCUT2D eigenvalue weighted by atomic mass is 16.1. The molecule has 1 saturated heterocycles. The summed E-state index contributed by atoms with van der Waals surface area (Å²) in [5.74, 6) is 0.113. The van der Waals surface area contributed by atoms with Gasteiger partial charge >= 0.3 is 0 Å². The smallest absolute Gasteiger partial charge is 0.224 e. The summed E-state index contributed by atoms with van der Waals surface area (Å²) in [6.45, 7) is 10.4. The minimum Gasteiger partial charge on any atom is -0.326 e. The van der Waals surface area contributed by atoms with Crippen LogP contribution in [0.1, 0.15) is 29.5 Å². The van der Waals surface area contributed by atoms with Crippen molar-refractivity contribution in [2.24, 2.45) is 0 Å². The van der Waals surface area contributed by atoms with Crippen molar-refractivity contribution in [1.29, 1.82) is 0 Å². The van der Waals surface area contributed by atoms with Crippen LogP contribution in [0.5, 0.6) is 0 Å². The molecule has 0 saturated carbocycles. The molecule has 1 heterocycles. The number of benzene rings is 2. The molecule has 3 rings (SSSR count). The second kappa shape index (κ2) is 10.9. The average Bonchev–Trinajstić information content (AvgIpc) is 2.72. The van der Waals surface area contributed by atoms with Crippen LogP contribution in [0.2, 0.25) is 0 Å². The summed E-state index contributed by atoms with van der Waals surface area (Å²) < 4.78 is 0. The molecule has 0 atom stereocenters. The molecule has 2 aromatic rings. The summed E-state index contributed by atoms with van der Waals surface area (Å²) in [5.41, 5.74) is 4.52. The Bertz CT molecular complexity index is 808. The maximum absolute atomic E-state index is 12.2. The Morgan fingerprint density at radius 1 is 1.00 bits per heavy atom. The van der Waals surface area contributed by atoms with Gasteiger partial charge in [-0.25, -0.2) is 0 Å². The number of piperazine rings is 1. The van der Waals surface area contributed by atoms with Gasteiger partial charge in [-0.1, -0.05) is 60.2 Å². The number of hydrogen-bond donors (Lipinski definition) is 1. The topological polar surface area (TPSA) is 35.6 Å². The third-order valence-corrected chi connectivity index (χ3v) is 5.47. The Balaban J connectivity index is 1.30. The molecule has 154 valence electrons. The zero-order valence-corrected chi connectivity index (χ0v) is 17.7. The highest BCUT2D eigenvalue weighted by Gasteiger charge is 2.15. The van der Waals surface area contributed by atoms with E-state index in [1.807, 2.05) is 25.1 Å². The molecule has 1 N–H and O–H groups in total. The van der Waals surface area contributed by atoms with Gasteiger partial charge in [0.1, 0.15) is 0 Å². The third-order valence-electron chi connectivity index (χ3n) is 5.47. The molecular weight excluding hydrogens is 358 g/mol. The second-order valence-corrected chi connectivity index (χ2v) is 7.93. The fourth-order valence-electron chi connectivity index (χ4n) is 3.73. The van der Waals surface area contributed by atoms with E-state index in [1.165, 1.54) is 11.1 Å². The number of anilines is 1. The molecule has 2 aromatic carbocycles. The van der Waals surface area contributed by atoms with Gasteiger partial charge in [-0.15, -0.1) is 0 Å². The molecule has 1 fully saturated rings. The fraction of sp³-hybridized carbons (Fsp3) is 0.400. The Kier molecular flexibility index (Phi) is 8.03. The number of nitrogens with zero attached hydrogens (tertiary/aromatic N) is 2. The van der Waals surface area contributed by atoms with Gasteiger partial charge in [0.25, 0.3) is 0 Å². The highest BCUT2D eigenvalue weighted by Crippen LogP contribution is 2.16. The lowest BCUT2D eigenvalue weighted by atomic mass is 10.1. The maximum Gasteiger partial charge on any atom is 0.224 e. The monoisotopic (exact) mass is 391 g/mol. The second-order valence-electron chi connectivity index (χ2n) is 7.93. The molecule has 4 heteroatoms. The van der Waals surface area contributed by atoms with Gasteiger partial charge in [-0.3, -0.25) is 9.69 Å². The van der Waals surface area contributed by atoms with Gasteiger partial charge in [-0.2, -0.15) is 0 Å². The normalized spacial score (nSPS) is 15.7. The molecule has 0 spiro atoms. The van der Waals surface area contributed by atoms with Gasteiger partial charge in [0.05, 0.1) is 0 Å². The van der Waals surface area contributed by atoms with E-state index in [0.717, 1.165) is 56.9 Å². The van der Waals surface area contributed by atoms with Gasteiger partial charge in [0.15, 0.2) is 0 Å². The van der Waals surface area contributed by atoms with E-state index in [9.17, 15) is 4.79 Å². The molecular formula is C25H33N3O. The number of amides is 1. The Morgan fingerprint density at radius 2 is 1.72 bits per heavy atom. The molecule has 0 bridgehead atoms. The summed E-state index contributed by atoms with van der Waals surface area (Å²) in [5, 5.41) is 3.05. The molecule has 4 nitrogen and oxygen atoms in total. The van der Waals surface area contributed by atoms with E-state index >= 15 is 0 Å². The first-order chi connectivity index (χ1) is 14.1. The first-order valence-electron chi connectivity index (χ1n) is 10.6. The van der Waals surface area contributed by atoms with Crippen molar-refractivity contribution in [2.45, 2.75) is 26.7 Å². The number of carbonyl (C=O) groups excluding carboxylic acids is 1. The van der Waals surface area contributed by atoms with Crippen molar-refractivity contribution in [3.8, 4) is 0 Å². The van der Waals surface area contributed by atoms with Crippen LogP contribution in [0.15, 0.2) is 54.6 Å². The zero-order valence-electron chi connectivity index (χ0n) is 17.7. The zero-order chi connectivity index (χ0) is 20.5. The van der Waals surface area contributed by atoms with Crippen molar-refractivity contribution in [3.63, 3.8) is 0 Å². The minimum atomic E-state index is 0.113. The largest absolute Gasteiger partial charge is 0.326 e. The fourth-order valence-corrected chi connectivity index (χ4v) is 3.73. The van der Waals surface area contributed by atoms with Crippen LogP contribution in [0.25, 0.3) is 6.08 Å². The van der Waals surface area contributed by atoms with Crippen LogP contribution in [-0.2, 0) is 4.79 Å². The van der Waals surface area contributed by atoms with Crippen molar-refractivity contribution in [1.82, 2.24) is 9.80 Å². The van der Waals surface area contributed by atoms with Gasteiger partial charge in [-0.05, 0) is 44.0 Å². The predicted octanol–water partition coefficient (Wildman–Crippen LogP) is 4.35. The van der Waals surface area contributed by atoms with Crippen LogP contribution in [-0.4, -0.2) is 55.0 Å². The molecule has 0 unspecified atom stereocenters. The average molecular weight is 392 g/mol. The Hall–Kier alpha value is -2.43. The van der Waals surface area contributed by atoms with E-state index in [4.69, 9.17) is 0 Å². The summed E-state index contributed by atoms with van der Waals surface area (Å²) in [6, 6.07) is 16.6. The number of nitrogens with one attached hydrogen (secondary N) is 1. The quantitative estimate of drug-likeness (QED) is 0.726. The van der Waals surface area contributed by atoms with E-state index < -0.39 is 0 Å². The van der Waals surface area contributed by atoms with Gasteiger partial charge in [0, 0.05) is 44.8 Å². The molecule has 1 aliphatic rings. The number of aryl methyl sites for hydroxylation is 2. The van der Waals surface area contributed by atoms with Gasteiger partial charge < -0.3 is 10.2 Å². The Labute approximate surface area is 175 Å². The number of hydrogen-bond acceptors (Lipinski definition) is 3. The van der Waals surface area contributed by atoms with E-state index in [-0.39, 0.29) is 5.91 Å². The van der Waals surface area contributed by atoms with E-state index in [2.05, 4.69) is 64.5 Å². The molecule has 1 amide bonds. The summed E-state index contributed by atoms with van der Waals surface area (Å²) in [6.07, 6.45) is 5.93. The maximum atomic E-state index is 12.2. The lowest BCUT2D eigenvalue weighted by Crippen LogP contribution is -2.46. The minimum absolute atomic E-state index is 0.113. The standard InChI is InChI=1S/C25H33N3O/c1-21-12-13-24(22(2)20-21)26-25(29)11-7-15-28-18-16-27(17-19-28)14-6-10-23-8-4-3-5-9-23/h3-6,8-10,12-13,20H,7,11,14-19H2,1-2H3,(H,26,29)/b10-6+. The van der Waals surface area contributed by atoms with Crippen LogP contribution < -0.4 is 5.32 Å². The van der Waals surface area contributed by atoms with Gasteiger partial charge in [0.2, 0.25) is 5.91 Å². The number of carbonyl (C=O) groups is 1.